The Hall–Kier alpha value is -2.31. The van der Waals surface area contributed by atoms with Crippen molar-refractivity contribution in [1.29, 1.82) is 0 Å². The molecule has 2 rings (SSSR count). The lowest BCUT2D eigenvalue weighted by Crippen LogP contribution is -2.29. The molecule has 0 fully saturated rings. The van der Waals surface area contributed by atoms with Crippen molar-refractivity contribution in [3.63, 3.8) is 0 Å². The van der Waals surface area contributed by atoms with E-state index < -0.39 is 29.4 Å². The molecule has 0 heterocycles. The maximum Gasteiger partial charge on any atom is 0.412 e. The first-order valence-corrected chi connectivity index (χ1v) is 5.91. The lowest BCUT2D eigenvalue weighted by molar-refractivity contribution is -0.144. The van der Waals surface area contributed by atoms with Crippen LogP contribution in [0.1, 0.15) is 11.6 Å². The first-order valence-electron chi connectivity index (χ1n) is 5.91. The molecule has 2 aromatic rings. The van der Waals surface area contributed by atoms with Gasteiger partial charge in [-0.1, -0.05) is 6.07 Å². The van der Waals surface area contributed by atoms with Crippen molar-refractivity contribution in [2.75, 3.05) is 11.1 Å². The summed E-state index contributed by atoms with van der Waals surface area (Å²) < 4.78 is 66.0. The van der Waals surface area contributed by atoms with Gasteiger partial charge in [0.2, 0.25) is 0 Å². The highest BCUT2D eigenvalue weighted by molar-refractivity contribution is 5.54. The summed E-state index contributed by atoms with van der Waals surface area (Å²) in [6.45, 7) is 0. The summed E-state index contributed by atoms with van der Waals surface area (Å²) in [4.78, 5) is 0. The van der Waals surface area contributed by atoms with E-state index in [1.165, 1.54) is 12.1 Å². The van der Waals surface area contributed by atoms with Gasteiger partial charge in [-0.2, -0.15) is 13.2 Å². The fourth-order valence-electron chi connectivity index (χ4n) is 1.89. The Balaban J connectivity index is 2.42. The third-order valence-corrected chi connectivity index (χ3v) is 2.86. The lowest BCUT2D eigenvalue weighted by Gasteiger charge is -2.24. The van der Waals surface area contributed by atoms with Gasteiger partial charge in [-0.25, -0.2) is 8.78 Å². The maximum absolute atomic E-state index is 13.7. The molecule has 0 radical (unpaired) electrons. The number of nitrogen functional groups attached to an aromatic ring is 1. The number of alkyl halides is 3. The molecule has 0 aliphatic rings. The van der Waals surface area contributed by atoms with Crippen molar-refractivity contribution in [1.82, 2.24) is 0 Å². The number of nitrogens with two attached hydrogens (primary N) is 1. The molecule has 2 aromatic carbocycles. The van der Waals surface area contributed by atoms with E-state index in [0.29, 0.717) is 0 Å². The second-order valence-corrected chi connectivity index (χ2v) is 4.37. The Morgan fingerprint density at radius 1 is 0.952 bits per heavy atom. The second kappa shape index (κ2) is 5.59. The molecular formula is C14H11F5N2. The zero-order chi connectivity index (χ0) is 15.6. The largest absolute Gasteiger partial charge is 0.412 e. The van der Waals surface area contributed by atoms with E-state index in [1.807, 2.05) is 0 Å². The molecule has 112 valence electrons. The third-order valence-electron chi connectivity index (χ3n) is 2.86. The molecule has 0 saturated heterocycles. The highest BCUT2D eigenvalue weighted by Crippen LogP contribution is 2.39. The van der Waals surface area contributed by atoms with Gasteiger partial charge in [-0.05, 0) is 36.4 Å². The van der Waals surface area contributed by atoms with Gasteiger partial charge >= 0.3 is 6.18 Å². The molecule has 0 aromatic heterocycles. The highest BCUT2D eigenvalue weighted by atomic mass is 19.4. The van der Waals surface area contributed by atoms with Crippen LogP contribution >= 0.6 is 0 Å². The summed E-state index contributed by atoms with van der Waals surface area (Å²) in [5, 5.41) is 2.13. The molecule has 1 atom stereocenters. The van der Waals surface area contributed by atoms with E-state index in [-0.39, 0.29) is 11.4 Å². The second-order valence-electron chi connectivity index (χ2n) is 4.37. The monoisotopic (exact) mass is 302 g/mol. The molecule has 21 heavy (non-hydrogen) atoms. The predicted molar refractivity (Wildman–Crippen MR) is 69.6 cm³/mol. The quantitative estimate of drug-likeness (QED) is 0.656. The molecule has 3 N–H and O–H groups in total. The van der Waals surface area contributed by atoms with E-state index in [4.69, 9.17) is 5.73 Å². The van der Waals surface area contributed by atoms with Crippen LogP contribution in [0.4, 0.5) is 33.3 Å². The van der Waals surface area contributed by atoms with Gasteiger partial charge in [0.15, 0.2) is 6.04 Å². The number of rotatable bonds is 3. The summed E-state index contributed by atoms with van der Waals surface area (Å²) in [6, 6.07) is 5.24. The summed E-state index contributed by atoms with van der Waals surface area (Å²) >= 11 is 0. The highest BCUT2D eigenvalue weighted by Gasteiger charge is 2.43. The van der Waals surface area contributed by atoms with E-state index >= 15 is 0 Å². The number of nitrogens with one attached hydrogen (secondary N) is 1. The number of anilines is 2. The minimum absolute atomic E-state index is 0.00128. The number of hydrogen-bond donors (Lipinski definition) is 2. The third kappa shape index (κ3) is 3.42. The number of benzene rings is 2. The van der Waals surface area contributed by atoms with Crippen LogP contribution in [0.25, 0.3) is 0 Å². The smallest absolute Gasteiger partial charge is 0.398 e. The molecule has 0 aliphatic carbocycles. The van der Waals surface area contributed by atoms with Crippen LogP contribution in [-0.2, 0) is 0 Å². The van der Waals surface area contributed by atoms with Gasteiger partial charge in [0, 0.05) is 16.9 Å². The fraction of sp³-hybridized carbons (Fsp3) is 0.143. The van der Waals surface area contributed by atoms with Crippen LogP contribution in [0.5, 0.6) is 0 Å². The van der Waals surface area contributed by atoms with Crippen LogP contribution in [0.3, 0.4) is 0 Å². The van der Waals surface area contributed by atoms with Gasteiger partial charge in [0.05, 0.1) is 0 Å². The molecule has 0 aliphatic heterocycles. The zero-order valence-electron chi connectivity index (χ0n) is 10.6. The van der Waals surface area contributed by atoms with E-state index in [2.05, 4.69) is 5.32 Å². The van der Waals surface area contributed by atoms with Gasteiger partial charge < -0.3 is 11.1 Å². The molecule has 1 unspecified atom stereocenters. The van der Waals surface area contributed by atoms with Crippen molar-refractivity contribution in [3.8, 4) is 0 Å². The van der Waals surface area contributed by atoms with Crippen LogP contribution in [0.15, 0.2) is 42.5 Å². The van der Waals surface area contributed by atoms with Crippen LogP contribution in [0, 0.1) is 11.6 Å². The van der Waals surface area contributed by atoms with Gasteiger partial charge in [0.1, 0.15) is 11.6 Å². The van der Waals surface area contributed by atoms with Crippen molar-refractivity contribution < 1.29 is 22.0 Å². The molecule has 0 bridgehead atoms. The SMILES string of the molecule is Nc1cccc(F)c1C(Nc1ccc(F)cc1)C(F)(F)F. The number of hydrogen-bond acceptors (Lipinski definition) is 2. The average molecular weight is 302 g/mol. The molecule has 0 saturated carbocycles. The molecule has 2 nitrogen and oxygen atoms in total. The van der Waals surface area contributed by atoms with Gasteiger partial charge in [0.25, 0.3) is 0 Å². The Morgan fingerprint density at radius 3 is 2.10 bits per heavy atom. The Bertz CT molecular complexity index is 602. The summed E-state index contributed by atoms with van der Waals surface area (Å²) in [5.41, 5.74) is 4.46. The van der Waals surface area contributed by atoms with Crippen molar-refractivity contribution in [3.05, 3.63) is 59.7 Å². The first-order chi connectivity index (χ1) is 9.79. The standard InChI is InChI=1S/C14H11F5N2/c15-8-4-6-9(7-5-8)21-13(14(17,18)19)12-10(16)2-1-3-11(12)20/h1-7,13,21H,20H2. The minimum atomic E-state index is -4.77. The first kappa shape index (κ1) is 15.1. The van der Waals surface area contributed by atoms with E-state index in [0.717, 1.165) is 30.3 Å². The van der Waals surface area contributed by atoms with Crippen LogP contribution in [-0.4, -0.2) is 6.18 Å². The number of halogens is 5. The van der Waals surface area contributed by atoms with Crippen molar-refractivity contribution >= 4 is 11.4 Å². The topological polar surface area (TPSA) is 38.0 Å². The van der Waals surface area contributed by atoms with Gasteiger partial charge in [-0.15, -0.1) is 0 Å². The predicted octanol–water partition coefficient (Wildman–Crippen LogP) is 4.26. The van der Waals surface area contributed by atoms with Crippen LogP contribution in [0.2, 0.25) is 0 Å². The van der Waals surface area contributed by atoms with Crippen LogP contribution < -0.4 is 11.1 Å². The zero-order valence-corrected chi connectivity index (χ0v) is 10.6. The Labute approximate surface area is 117 Å². The summed E-state index contributed by atoms with van der Waals surface area (Å²) in [5.74, 6) is -1.65. The molecule has 0 amide bonds. The van der Waals surface area contributed by atoms with E-state index in [9.17, 15) is 22.0 Å². The van der Waals surface area contributed by atoms with Crippen molar-refractivity contribution in [2.24, 2.45) is 0 Å². The Morgan fingerprint density at radius 2 is 1.57 bits per heavy atom. The summed E-state index contributed by atoms with van der Waals surface area (Å²) in [7, 11) is 0. The van der Waals surface area contributed by atoms with E-state index in [1.54, 1.807) is 0 Å². The normalized spacial score (nSPS) is 13.0. The Kier molecular flexibility index (Phi) is 4.02. The summed E-state index contributed by atoms with van der Waals surface area (Å²) in [6.07, 6.45) is -4.77. The fourth-order valence-corrected chi connectivity index (χ4v) is 1.89. The van der Waals surface area contributed by atoms with Crippen molar-refractivity contribution in [2.45, 2.75) is 12.2 Å². The molecular weight excluding hydrogens is 291 g/mol. The molecule has 7 heteroatoms. The average Bonchev–Trinajstić information content (AvgIpc) is 2.38. The minimum Gasteiger partial charge on any atom is -0.398 e. The van der Waals surface area contributed by atoms with Gasteiger partial charge in [-0.3, -0.25) is 0 Å². The molecule has 0 spiro atoms. The lowest BCUT2D eigenvalue weighted by atomic mass is 10.0. The maximum atomic E-state index is 13.7.